The van der Waals surface area contributed by atoms with Gasteiger partial charge in [0.15, 0.2) is 0 Å². The third kappa shape index (κ3) is 3.28. The van der Waals surface area contributed by atoms with Gasteiger partial charge in [-0.2, -0.15) is 0 Å². The molecule has 0 N–H and O–H groups in total. The SMILES string of the molecule is CC.C[C@H]1CCC(=O)C1. The van der Waals surface area contributed by atoms with Gasteiger partial charge in [0, 0.05) is 12.8 Å². The summed E-state index contributed by atoms with van der Waals surface area (Å²) in [4.78, 5) is 10.5. The first-order chi connectivity index (χ1) is 4.29. The van der Waals surface area contributed by atoms with Crippen LogP contribution in [-0.2, 0) is 4.79 Å². The largest absolute Gasteiger partial charge is 0.300 e. The molecule has 0 saturated heterocycles. The van der Waals surface area contributed by atoms with Crippen LogP contribution in [0.15, 0.2) is 0 Å². The Labute approximate surface area is 57.5 Å². The molecule has 0 heterocycles. The van der Waals surface area contributed by atoms with Gasteiger partial charge >= 0.3 is 0 Å². The van der Waals surface area contributed by atoms with Crippen LogP contribution >= 0.6 is 0 Å². The van der Waals surface area contributed by atoms with Crippen LogP contribution in [0.5, 0.6) is 0 Å². The fourth-order valence-corrected chi connectivity index (χ4v) is 1.00. The van der Waals surface area contributed by atoms with Crippen molar-refractivity contribution in [2.45, 2.75) is 40.0 Å². The summed E-state index contributed by atoms with van der Waals surface area (Å²) in [6.07, 6.45) is 2.79. The minimum absolute atomic E-state index is 0.451. The summed E-state index contributed by atoms with van der Waals surface area (Å²) in [5.41, 5.74) is 0. The van der Waals surface area contributed by atoms with Crippen LogP contribution in [0.2, 0.25) is 0 Å². The summed E-state index contributed by atoms with van der Waals surface area (Å²) < 4.78 is 0. The highest BCUT2D eigenvalue weighted by Crippen LogP contribution is 2.19. The molecule has 54 valence electrons. The molecule has 0 unspecified atom stereocenters. The molecule has 0 spiro atoms. The van der Waals surface area contributed by atoms with Crippen molar-refractivity contribution in [3.63, 3.8) is 0 Å². The van der Waals surface area contributed by atoms with Crippen LogP contribution in [0.4, 0.5) is 0 Å². The van der Waals surface area contributed by atoms with Gasteiger partial charge < -0.3 is 0 Å². The van der Waals surface area contributed by atoms with Crippen LogP contribution in [0, 0.1) is 5.92 Å². The lowest BCUT2D eigenvalue weighted by Crippen LogP contribution is -1.86. The maximum absolute atomic E-state index is 10.5. The Bertz CT molecular complexity index is 86.6. The Kier molecular flexibility index (Phi) is 4.37. The van der Waals surface area contributed by atoms with Gasteiger partial charge in [0.1, 0.15) is 5.78 Å². The van der Waals surface area contributed by atoms with E-state index in [1.54, 1.807) is 0 Å². The summed E-state index contributed by atoms with van der Waals surface area (Å²) in [6, 6.07) is 0. The monoisotopic (exact) mass is 128 g/mol. The molecular weight excluding hydrogens is 112 g/mol. The van der Waals surface area contributed by atoms with Crippen LogP contribution < -0.4 is 0 Å². The van der Waals surface area contributed by atoms with Gasteiger partial charge in [-0.15, -0.1) is 0 Å². The molecule has 0 radical (unpaired) electrons. The van der Waals surface area contributed by atoms with E-state index in [1.165, 1.54) is 0 Å². The molecule has 9 heavy (non-hydrogen) atoms. The fraction of sp³-hybridized carbons (Fsp3) is 0.875. The van der Waals surface area contributed by atoms with Gasteiger partial charge in [0.2, 0.25) is 0 Å². The first-order valence-corrected chi connectivity index (χ1v) is 3.81. The zero-order chi connectivity index (χ0) is 7.28. The first-order valence-electron chi connectivity index (χ1n) is 3.81. The van der Waals surface area contributed by atoms with Crippen LogP contribution in [-0.4, -0.2) is 5.78 Å². The zero-order valence-corrected chi connectivity index (χ0v) is 6.61. The van der Waals surface area contributed by atoms with Gasteiger partial charge in [-0.3, -0.25) is 4.79 Å². The van der Waals surface area contributed by atoms with Gasteiger partial charge in [0.05, 0.1) is 0 Å². The molecule has 0 aliphatic heterocycles. The van der Waals surface area contributed by atoms with Crippen molar-refractivity contribution in [2.24, 2.45) is 5.92 Å². The maximum atomic E-state index is 10.5. The predicted octanol–water partition coefficient (Wildman–Crippen LogP) is 2.40. The molecule has 1 fully saturated rings. The fourth-order valence-electron chi connectivity index (χ4n) is 1.00. The number of hydrogen-bond donors (Lipinski definition) is 0. The molecule has 0 aromatic heterocycles. The smallest absolute Gasteiger partial charge is 0.133 e. The molecule has 1 atom stereocenters. The quantitative estimate of drug-likeness (QED) is 0.489. The molecule has 0 aromatic carbocycles. The second-order valence-electron chi connectivity index (χ2n) is 2.39. The second-order valence-corrected chi connectivity index (χ2v) is 2.39. The minimum Gasteiger partial charge on any atom is -0.300 e. The average molecular weight is 128 g/mol. The van der Waals surface area contributed by atoms with Crippen molar-refractivity contribution in [3.05, 3.63) is 0 Å². The van der Waals surface area contributed by atoms with Gasteiger partial charge in [-0.25, -0.2) is 0 Å². The number of rotatable bonds is 0. The van der Waals surface area contributed by atoms with Crippen molar-refractivity contribution in [2.75, 3.05) is 0 Å². The molecule has 0 aromatic rings. The number of hydrogen-bond acceptors (Lipinski definition) is 1. The van der Waals surface area contributed by atoms with E-state index < -0.39 is 0 Å². The zero-order valence-electron chi connectivity index (χ0n) is 6.61. The summed E-state index contributed by atoms with van der Waals surface area (Å²) in [6.45, 7) is 6.13. The van der Waals surface area contributed by atoms with Gasteiger partial charge in [-0.05, 0) is 12.3 Å². The van der Waals surface area contributed by atoms with Crippen molar-refractivity contribution >= 4 is 5.78 Å². The van der Waals surface area contributed by atoms with Gasteiger partial charge in [-0.1, -0.05) is 20.8 Å². The van der Waals surface area contributed by atoms with E-state index >= 15 is 0 Å². The Morgan fingerprint density at radius 2 is 2.00 bits per heavy atom. The molecule has 1 nitrogen and oxygen atoms in total. The van der Waals surface area contributed by atoms with Crippen LogP contribution in [0.1, 0.15) is 40.0 Å². The van der Waals surface area contributed by atoms with E-state index in [0.29, 0.717) is 11.7 Å². The van der Waals surface area contributed by atoms with Crippen LogP contribution in [0.25, 0.3) is 0 Å². The molecule has 1 aliphatic rings. The highest BCUT2D eigenvalue weighted by molar-refractivity contribution is 5.80. The summed E-state index contributed by atoms with van der Waals surface area (Å²) in [5.74, 6) is 1.12. The average Bonchev–Trinajstić information content (AvgIpc) is 2.20. The molecule has 0 bridgehead atoms. The lowest BCUT2D eigenvalue weighted by molar-refractivity contribution is -0.117. The second kappa shape index (κ2) is 4.54. The lowest BCUT2D eigenvalue weighted by Gasteiger charge is -1.90. The third-order valence-corrected chi connectivity index (χ3v) is 1.49. The van der Waals surface area contributed by atoms with E-state index in [0.717, 1.165) is 19.3 Å². The van der Waals surface area contributed by atoms with Crippen molar-refractivity contribution in [1.82, 2.24) is 0 Å². The number of Topliss-reactive ketones (excluding diaryl/α,β-unsaturated/α-hetero) is 1. The normalized spacial score (nSPS) is 25.2. The van der Waals surface area contributed by atoms with Crippen molar-refractivity contribution in [3.8, 4) is 0 Å². The maximum Gasteiger partial charge on any atom is 0.133 e. The molecule has 1 aliphatic carbocycles. The Hall–Kier alpha value is -0.330. The molecule has 1 saturated carbocycles. The number of ketones is 1. The molecule has 1 rings (SSSR count). The van der Waals surface area contributed by atoms with Gasteiger partial charge in [0.25, 0.3) is 0 Å². The highest BCUT2D eigenvalue weighted by atomic mass is 16.1. The standard InChI is InChI=1S/C6H10O.C2H6/c1-5-2-3-6(7)4-5;1-2/h5H,2-4H2,1H3;1-2H3/t5-;/m0./s1. The highest BCUT2D eigenvalue weighted by Gasteiger charge is 2.16. The summed E-state index contributed by atoms with van der Waals surface area (Å²) in [7, 11) is 0. The van der Waals surface area contributed by atoms with E-state index in [1.807, 2.05) is 13.8 Å². The van der Waals surface area contributed by atoms with Crippen molar-refractivity contribution < 1.29 is 4.79 Å². The van der Waals surface area contributed by atoms with Crippen molar-refractivity contribution in [1.29, 1.82) is 0 Å². The third-order valence-electron chi connectivity index (χ3n) is 1.49. The minimum atomic E-state index is 0.451. The van der Waals surface area contributed by atoms with E-state index in [9.17, 15) is 4.79 Å². The lowest BCUT2D eigenvalue weighted by atomic mass is 10.1. The van der Waals surface area contributed by atoms with Crippen LogP contribution in [0.3, 0.4) is 0 Å². The Balaban J connectivity index is 0.000000291. The Morgan fingerprint density at radius 1 is 1.44 bits per heavy atom. The van der Waals surface area contributed by atoms with E-state index in [4.69, 9.17) is 0 Å². The predicted molar refractivity (Wildman–Crippen MR) is 39.4 cm³/mol. The van der Waals surface area contributed by atoms with E-state index in [-0.39, 0.29) is 0 Å². The molecular formula is C8H16O. The number of carbonyl (C=O) groups excluding carboxylic acids is 1. The Morgan fingerprint density at radius 3 is 2.11 bits per heavy atom. The topological polar surface area (TPSA) is 17.1 Å². The van der Waals surface area contributed by atoms with E-state index in [2.05, 4.69) is 6.92 Å². The molecule has 0 amide bonds. The summed E-state index contributed by atoms with van der Waals surface area (Å²) >= 11 is 0. The first kappa shape index (κ1) is 8.67. The summed E-state index contributed by atoms with van der Waals surface area (Å²) in [5, 5.41) is 0. The molecule has 1 heteroatoms. The number of carbonyl (C=O) groups is 1.